The van der Waals surface area contributed by atoms with E-state index in [1.54, 1.807) is 24.3 Å². The van der Waals surface area contributed by atoms with E-state index in [4.69, 9.17) is 11.6 Å². The molecule has 0 bridgehead atoms. The Morgan fingerprint density at radius 3 is 2.70 bits per heavy atom. The first-order valence-corrected chi connectivity index (χ1v) is 7.95. The SMILES string of the molecule is O=C1CCCc2cc(C(=O)NCc3ccc(Cl)cc3)ccc2N1. The van der Waals surface area contributed by atoms with Gasteiger partial charge in [-0.05, 0) is 54.3 Å². The Hall–Kier alpha value is -2.33. The lowest BCUT2D eigenvalue weighted by atomic mass is 10.0. The highest BCUT2D eigenvalue weighted by Gasteiger charge is 2.15. The van der Waals surface area contributed by atoms with Gasteiger partial charge in [0.2, 0.25) is 5.91 Å². The summed E-state index contributed by atoms with van der Waals surface area (Å²) in [5.74, 6) is -0.0954. The summed E-state index contributed by atoms with van der Waals surface area (Å²) in [5.41, 5.74) is 3.41. The number of fused-ring (bicyclic) bond motifs is 1. The van der Waals surface area contributed by atoms with Crippen molar-refractivity contribution in [2.45, 2.75) is 25.8 Å². The van der Waals surface area contributed by atoms with Crippen LogP contribution in [0.3, 0.4) is 0 Å². The number of hydrogen-bond donors (Lipinski definition) is 2. The highest BCUT2D eigenvalue weighted by atomic mass is 35.5. The molecule has 1 aliphatic rings. The molecule has 0 saturated carbocycles. The molecule has 0 aliphatic carbocycles. The van der Waals surface area contributed by atoms with Crippen LogP contribution in [0, 0.1) is 0 Å². The van der Waals surface area contributed by atoms with E-state index in [1.165, 1.54) is 0 Å². The van der Waals surface area contributed by atoms with Gasteiger partial charge >= 0.3 is 0 Å². The van der Waals surface area contributed by atoms with Gasteiger partial charge in [0.15, 0.2) is 0 Å². The van der Waals surface area contributed by atoms with Gasteiger partial charge in [-0.2, -0.15) is 0 Å². The van der Waals surface area contributed by atoms with Crippen molar-refractivity contribution < 1.29 is 9.59 Å². The molecule has 0 fully saturated rings. The first-order valence-electron chi connectivity index (χ1n) is 7.57. The molecule has 23 heavy (non-hydrogen) atoms. The summed E-state index contributed by atoms with van der Waals surface area (Å²) < 4.78 is 0. The second-order valence-corrected chi connectivity index (χ2v) is 6.02. The van der Waals surface area contributed by atoms with Crippen LogP contribution in [0.15, 0.2) is 42.5 Å². The molecule has 2 N–H and O–H groups in total. The lowest BCUT2D eigenvalue weighted by Gasteiger charge is -2.10. The molecule has 1 heterocycles. The molecule has 2 aromatic carbocycles. The third-order valence-corrected chi connectivity index (χ3v) is 4.11. The number of halogens is 1. The van der Waals surface area contributed by atoms with Crippen LogP contribution in [0.4, 0.5) is 5.69 Å². The maximum atomic E-state index is 12.3. The molecule has 0 spiro atoms. The lowest BCUT2D eigenvalue weighted by Crippen LogP contribution is -2.23. The fourth-order valence-electron chi connectivity index (χ4n) is 2.60. The van der Waals surface area contributed by atoms with Gasteiger partial charge in [0, 0.05) is 29.2 Å². The van der Waals surface area contributed by atoms with E-state index in [-0.39, 0.29) is 11.8 Å². The van der Waals surface area contributed by atoms with Crippen molar-refractivity contribution in [2.75, 3.05) is 5.32 Å². The Labute approximate surface area is 139 Å². The van der Waals surface area contributed by atoms with Crippen LogP contribution in [0.2, 0.25) is 5.02 Å². The highest BCUT2D eigenvalue weighted by molar-refractivity contribution is 6.30. The van der Waals surface area contributed by atoms with E-state index >= 15 is 0 Å². The molecule has 4 nitrogen and oxygen atoms in total. The molecule has 2 aromatic rings. The number of carbonyl (C=O) groups is 2. The summed E-state index contributed by atoms with van der Waals surface area (Å²) in [4.78, 5) is 23.8. The molecule has 0 unspecified atom stereocenters. The first kappa shape index (κ1) is 15.6. The fraction of sp³-hybridized carbons (Fsp3) is 0.222. The van der Waals surface area contributed by atoms with E-state index in [0.717, 1.165) is 29.7 Å². The average molecular weight is 329 g/mol. The summed E-state index contributed by atoms with van der Waals surface area (Å²) in [5, 5.41) is 6.44. The summed E-state index contributed by atoms with van der Waals surface area (Å²) in [6, 6.07) is 12.8. The predicted molar refractivity (Wildman–Crippen MR) is 90.6 cm³/mol. The number of anilines is 1. The number of nitrogens with one attached hydrogen (secondary N) is 2. The van der Waals surface area contributed by atoms with Crippen LogP contribution in [-0.2, 0) is 17.8 Å². The normalized spacial score (nSPS) is 13.7. The minimum Gasteiger partial charge on any atom is -0.348 e. The van der Waals surface area contributed by atoms with Crippen molar-refractivity contribution in [2.24, 2.45) is 0 Å². The van der Waals surface area contributed by atoms with Gasteiger partial charge in [-0.3, -0.25) is 9.59 Å². The van der Waals surface area contributed by atoms with Crippen molar-refractivity contribution in [1.82, 2.24) is 5.32 Å². The molecule has 0 atom stereocenters. The van der Waals surface area contributed by atoms with Crippen molar-refractivity contribution in [3.8, 4) is 0 Å². The number of amides is 2. The Bertz CT molecular complexity index is 741. The molecule has 1 aliphatic heterocycles. The summed E-state index contributed by atoms with van der Waals surface area (Å²) in [6.07, 6.45) is 2.12. The van der Waals surface area contributed by atoms with Crippen LogP contribution in [-0.4, -0.2) is 11.8 Å². The molecule has 3 rings (SSSR count). The monoisotopic (exact) mass is 328 g/mol. The van der Waals surface area contributed by atoms with Gasteiger partial charge in [0.25, 0.3) is 5.91 Å². The standard InChI is InChI=1S/C18H17ClN2O2/c19-15-7-4-12(5-8-15)11-20-18(23)14-6-9-16-13(10-14)2-1-3-17(22)21-16/h4-10H,1-3,11H2,(H,20,23)(H,21,22). The summed E-state index contributed by atoms with van der Waals surface area (Å²) in [7, 11) is 0. The maximum absolute atomic E-state index is 12.3. The van der Waals surface area contributed by atoms with Gasteiger partial charge in [0.1, 0.15) is 0 Å². The second kappa shape index (κ2) is 6.84. The molecular weight excluding hydrogens is 312 g/mol. The van der Waals surface area contributed by atoms with Gasteiger partial charge < -0.3 is 10.6 Å². The third-order valence-electron chi connectivity index (χ3n) is 3.86. The van der Waals surface area contributed by atoms with Crippen LogP contribution < -0.4 is 10.6 Å². The van der Waals surface area contributed by atoms with Crippen LogP contribution in [0.25, 0.3) is 0 Å². The second-order valence-electron chi connectivity index (χ2n) is 5.58. The van der Waals surface area contributed by atoms with E-state index in [9.17, 15) is 9.59 Å². The Kier molecular flexibility index (Phi) is 4.63. The van der Waals surface area contributed by atoms with Gasteiger partial charge in [-0.15, -0.1) is 0 Å². The zero-order valence-electron chi connectivity index (χ0n) is 12.6. The van der Waals surface area contributed by atoms with E-state index < -0.39 is 0 Å². The number of benzene rings is 2. The minimum atomic E-state index is -0.127. The molecule has 0 aromatic heterocycles. The third kappa shape index (κ3) is 3.90. The number of carbonyl (C=O) groups excluding carboxylic acids is 2. The molecule has 0 saturated heterocycles. The minimum absolute atomic E-state index is 0.0312. The molecule has 2 amide bonds. The highest BCUT2D eigenvalue weighted by Crippen LogP contribution is 2.23. The van der Waals surface area contributed by atoms with Crippen LogP contribution in [0.5, 0.6) is 0 Å². The smallest absolute Gasteiger partial charge is 0.251 e. The predicted octanol–water partition coefficient (Wildman–Crippen LogP) is 3.54. The van der Waals surface area contributed by atoms with Crippen molar-refractivity contribution in [3.63, 3.8) is 0 Å². The molecule has 0 radical (unpaired) electrons. The topological polar surface area (TPSA) is 58.2 Å². The van der Waals surface area contributed by atoms with E-state index in [0.29, 0.717) is 23.6 Å². The van der Waals surface area contributed by atoms with Crippen molar-refractivity contribution in [3.05, 3.63) is 64.2 Å². The van der Waals surface area contributed by atoms with E-state index in [1.807, 2.05) is 18.2 Å². The Morgan fingerprint density at radius 2 is 1.91 bits per heavy atom. The molecule has 118 valence electrons. The number of rotatable bonds is 3. The van der Waals surface area contributed by atoms with Gasteiger partial charge in [-0.25, -0.2) is 0 Å². The summed E-state index contributed by atoms with van der Waals surface area (Å²) in [6.45, 7) is 0.448. The Balaban J connectivity index is 1.69. The van der Waals surface area contributed by atoms with Crippen LogP contribution in [0.1, 0.15) is 34.3 Å². The molecular formula is C18H17ClN2O2. The zero-order valence-corrected chi connectivity index (χ0v) is 13.3. The molecule has 5 heteroatoms. The fourth-order valence-corrected chi connectivity index (χ4v) is 2.73. The lowest BCUT2D eigenvalue weighted by molar-refractivity contribution is -0.116. The average Bonchev–Trinajstić information content (AvgIpc) is 2.74. The Morgan fingerprint density at radius 1 is 1.13 bits per heavy atom. The van der Waals surface area contributed by atoms with E-state index in [2.05, 4.69) is 10.6 Å². The largest absolute Gasteiger partial charge is 0.348 e. The van der Waals surface area contributed by atoms with Gasteiger partial charge in [-0.1, -0.05) is 23.7 Å². The van der Waals surface area contributed by atoms with Gasteiger partial charge in [0.05, 0.1) is 0 Å². The first-order chi connectivity index (χ1) is 11.1. The van der Waals surface area contributed by atoms with Crippen molar-refractivity contribution >= 4 is 29.1 Å². The quantitative estimate of drug-likeness (QED) is 0.905. The maximum Gasteiger partial charge on any atom is 0.251 e. The zero-order chi connectivity index (χ0) is 16.2. The number of aryl methyl sites for hydroxylation is 1. The number of hydrogen-bond acceptors (Lipinski definition) is 2. The summed E-state index contributed by atoms with van der Waals surface area (Å²) >= 11 is 5.84. The van der Waals surface area contributed by atoms with Crippen molar-refractivity contribution in [1.29, 1.82) is 0 Å². The van der Waals surface area contributed by atoms with Crippen LogP contribution >= 0.6 is 11.6 Å².